The smallest absolute Gasteiger partial charge is 0.323 e. The predicted octanol–water partition coefficient (Wildman–Crippen LogP) is 3.18. The lowest BCUT2D eigenvalue weighted by Crippen LogP contribution is -2.35. The number of hydrogen-bond acceptors (Lipinski definition) is 2. The first-order valence-electron chi connectivity index (χ1n) is 5.92. The standard InChI is InChI=1S/C15H12BrNO3/c16-12-6-4-5-11(9-12)15(20)17(10-14(18)19)13-7-2-1-3-8-13/h1-9H,10H2,(H,18,19). The van der Waals surface area contributed by atoms with Crippen molar-refractivity contribution in [3.8, 4) is 0 Å². The van der Waals surface area contributed by atoms with Crippen molar-refractivity contribution in [3.63, 3.8) is 0 Å². The third-order valence-corrected chi connectivity index (χ3v) is 3.17. The van der Waals surface area contributed by atoms with Crippen molar-refractivity contribution in [1.82, 2.24) is 0 Å². The molecule has 0 saturated carbocycles. The number of nitrogens with zero attached hydrogens (tertiary/aromatic N) is 1. The summed E-state index contributed by atoms with van der Waals surface area (Å²) >= 11 is 3.30. The minimum Gasteiger partial charge on any atom is -0.480 e. The van der Waals surface area contributed by atoms with Gasteiger partial charge in [-0.1, -0.05) is 40.2 Å². The molecule has 1 amide bonds. The van der Waals surface area contributed by atoms with E-state index in [9.17, 15) is 9.59 Å². The SMILES string of the molecule is O=C(O)CN(C(=O)c1cccc(Br)c1)c1ccccc1. The van der Waals surface area contributed by atoms with E-state index >= 15 is 0 Å². The molecule has 1 N–H and O–H groups in total. The summed E-state index contributed by atoms with van der Waals surface area (Å²) in [5.74, 6) is -1.41. The van der Waals surface area contributed by atoms with Crippen LogP contribution in [0.2, 0.25) is 0 Å². The number of rotatable bonds is 4. The van der Waals surface area contributed by atoms with Gasteiger partial charge < -0.3 is 5.11 Å². The summed E-state index contributed by atoms with van der Waals surface area (Å²) in [6.45, 7) is -0.380. The molecule has 5 heteroatoms. The summed E-state index contributed by atoms with van der Waals surface area (Å²) in [4.78, 5) is 24.7. The largest absolute Gasteiger partial charge is 0.480 e. The Balaban J connectivity index is 2.36. The zero-order valence-corrected chi connectivity index (χ0v) is 12.1. The van der Waals surface area contributed by atoms with Crippen molar-refractivity contribution in [1.29, 1.82) is 0 Å². The van der Waals surface area contributed by atoms with Crippen LogP contribution in [0.15, 0.2) is 59.1 Å². The zero-order chi connectivity index (χ0) is 14.5. The average molecular weight is 334 g/mol. The molecule has 20 heavy (non-hydrogen) atoms. The van der Waals surface area contributed by atoms with Crippen LogP contribution in [0.4, 0.5) is 5.69 Å². The van der Waals surface area contributed by atoms with Crippen LogP contribution in [0.5, 0.6) is 0 Å². The lowest BCUT2D eigenvalue weighted by molar-refractivity contribution is -0.135. The van der Waals surface area contributed by atoms with Gasteiger partial charge in [0.05, 0.1) is 0 Å². The molecule has 0 radical (unpaired) electrons. The summed E-state index contributed by atoms with van der Waals surface area (Å²) in [5, 5.41) is 8.99. The second kappa shape index (κ2) is 6.34. The molecule has 0 fully saturated rings. The van der Waals surface area contributed by atoms with Crippen molar-refractivity contribution < 1.29 is 14.7 Å². The highest BCUT2D eigenvalue weighted by molar-refractivity contribution is 9.10. The van der Waals surface area contributed by atoms with E-state index in [-0.39, 0.29) is 12.5 Å². The van der Waals surface area contributed by atoms with Gasteiger partial charge in [-0.15, -0.1) is 0 Å². The number of hydrogen-bond donors (Lipinski definition) is 1. The number of carbonyl (C=O) groups excluding carboxylic acids is 1. The van der Waals surface area contributed by atoms with E-state index in [2.05, 4.69) is 15.9 Å². The summed E-state index contributed by atoms with van der Waals surface area (Å²) in [6.07, 6.45) is 0. The minimum atomic E-state index is -1.06. The van der Waals surface area contributed by atoms with E-state index in [0.29, 0.717) is 11.3 Å². The molecule has 102 valence electrons. The third kappa shape index (κ3) is 3.45. The van der Waals surface area contributed by atoms with Crippen molar-refractivity contribution in [3.05, 3.63) is 64.6 Å². The van der Waals surface area contributed by atoms with E-state index in [1.807, 2.05) is 6.07 Å². The molecule has 0 unspecified atom stereocenters. The molecule has 0 aromatic heterocycles. The molecule has 2 rings (SSSR count). The highest BCUT2D eigenvalue weighted by atomic mass is 79.9. The van der Waals surface area contributed by atoms with Crippen LogP contribution in [0.25, 0.3) is 0 Å². The van der Waals surface area contributed by atoms with Crippen LogP contribution < -0.4 is 4.90 Å². The first kappa shape index (κ1) is 14.3. The number of anilines is 1. The lowest BCUT2D eigenvalue weighted by Gasteiger charge is -2.21. The second-order valence-electron chi connectivity index (χ2n) is 4.13. The zero-order valence-electron chi connectivity index (χ0n) is 10.5. The fourth-order valence-corrected chi connectivity index (χ4v) is 2.20. The van der Waals surface area contributed by atoms with Crippen molar-refractivity contribution in [2.75, 3.05) is 11.4 Å². The van der Waals surface area contributed by atoms with Gasteiger partial charge in [-0.05, 0) is 30.3 Å². The predicted molar refractivity (Wildman–Crippen MR) is 79.9 cm³/mol. The second-order valence-corrected chi connectivity index (χ2v) is 5.05. The Labute approximate surface area is 124 Å². The Kier molecular flexibility index (Phi) is 4.53. The first-order chi connectivity index (χ1) is 9.58. The molecule has 2 aromatic carbocycles. The van der Waals surface area contributed by atoms with Gasteiger partial charge in [-0.3, -0.25) is 14.5 Å². The summed E-state index contributed by atoms with van der Waals surface area (Å²) in [6, 6.07) is 15.6. The quantitative estimate of drug-likeness (QED) is 0.934. The van der Waals surface area contributed by atoms with Crippen LogP contribution in [-0.4, -0.2) is 23.5 Å². The van der Waals surface area contributed by atoms with E-state index in [1.54, 1.807) is 48.5 Å². The summed E-state index contributed by atoms with van der Waals surface area (Å²) < 4.78 is 0.770. The van der Waals surface area contributed by atoms with Crippen LogP contribution >= 0.6 is 15.9 Å². The van der Waals surface area contributed by atoms with Gasteiger partial charge in [0.1, 0.15) is 6.54 Å². The molecule has 0 bridgehead atoms. The Bertz CT molecular complexity index is 628. The number of carboxylic acids is 1. The normalized spacial score (nSPS) is 10.1. The van der Waals surface area contributed by atoms with Crippen LogP contribution in [-0.2, 0) is 4.79 Å². The van der Waals surface area contributed by atoms with Gasteiger partial charge in [0, 0.05) is 15.7 Å². The number of halogens is 1. The molecular formula is C15H12BrNO3. The Morgan fingerprint density at radius 2 is 1.75 bits per heavy atom. The fraction of sp³-hybridized carbons (Fsp3) is 0.0667. The third-order valence-electron chi connectivity index (χ3n) is 2.68. The van der Waals surface area contributed by atoms with E-state index in [0.717, 1.165) is 4.47 Å². The lowest BCUT2D eigenvalue weighted by atomic mass is 10.2. The topological polar surface area (TPSA) is 57.6 Å². The number of para-hydroxylation sites is 1. The van der Waals surface area contributed by atoms with E-state index < -0.39 is 5.97 Å². The highest BCUT2D eigenvalue weighted by Crippen LogP contribution is 2.19. The molecule has 0 saturated heterocycles. The maximum atomic E-state index is 12.5. The maximum absolute atomic E-state index is 12.5. The van der Waals surface area contributed by atoms with Gasteiger partial charge in [-0.25, -0.2) is 0 Å². The summed E-state index contributed by atoms with van der Waals surface area (Å²) in [7, 11) is 0. The van der Waals surface area contributed by atoms with Gasteiger partial charge >= 0.3 is 5.97 Å². The molecular weight excluding hydrogens is 322 g/mol. The first-order valence-corrected chi connectivity index (χ1v) is 6.71. The molecule has 0 aliphatic heterocycles. The Hall–Kier alpha value is -2.14. The molecule has 0 aliphatic rings. The molecule has 0 aliphatic carbocycles. The number of amides is 1. The molecule has 0 spiro atoms. The van der Waals surface area contributed by atoms with Crippen molar-refractivity contribution >= 4 is 33.5 Å². The van der Waals surface area contributed by atoms with Gasteiger partial charge in [0.15, 0.2) is 0 Å². The molecule has 0 heterocycles. The van der Waals surface area contributed by atoms with Crippen molar-refractivity contribution in [2.24, 2.45) is 0 Å². The number of benzene rings is 2. The molecule has 4 nitrogen and oxygen atoms in total. The molecule has 0 atom stereocenters. The number of carboxylic acid groups (broad SMARTS) is 1. The molecule has 2 aromatic rings. The Morgan fingerprint density at radius 1 is 1.05 bits per heavy atom. The van der Waals surface area contributed by atoms with Crippen LogP contribution in [0.1, 0.15) is 10.4 Å². The van der Waals surface area contributed by atoms with E-state index in [1.165, 1.54) is 4.90 Å². The number of aliphatic carboxylic acids is 1. The highest BCUT2D eigenvalue weighted by Gasteiger charge is 2.20. The van der Waals surface area contributed by atoms with Gasteiger partial charge in [0.25, 0.3) is 5.91 Å². The fourth-order valence-electron chi connectivity index (χ4n) is 1.80. The Morgan fingerprint density at radius 3 is 2.35 bits per heavy atom. The average Bonchev–Trinajstić information content (AvgIpc) is 2.45. The summed E-state index contributed by atoms with van der Waals surface area (Å²) in [5.41, 5.74) is 0.990. The minimum absolute atomic E-state index is 0.347. The maximum Gasteiger partial charge on any atom is 0.323 e. The van der Waals surface area contributed by atoms with Gasteiger partial charge in [0.2, 0.25) is 0 Å². The van der Waals surface area contributed by atoms with Crippen molar-refractivity contribution in [2.45, 2.75) is 0 Å². The van der Waals surface area contributed by atoms with E-state index in [4.69, 9.17) is 5.11 Å². The van der Waals surface area contributed by atoms with Gasteiger partial charge in [-0.2, -0.15) is 0 Å². The number of carbonyl (C=O) groups is 2. The van der Waals surface area contributed by atoms with Crippen LogP contribution in [0.3, 0.4) is 0 Å². The monoisotopic (exact) mass is 333 g/mol. The van der Waals surface area contributed by atoms with Crippen LogP contribution in [0, 0.1) is 0 Å².